The number of fused-ring (bicyclic) bond motifs is 2. The lowest BCUT2D eigenvalue weighted by Gasteiger charge is -2.25. The molecule has 3 aromatic carbocycles. The van der Waals surface area contributed by atoms with Crippen molar-refractivity contribution < 1.29 is 14.1 Å². The van der Waals surface area contributed by atoms with Crippen LogP contribution in [-0.2, 0) is 0 Å². The van der Waals surface area contributed by atoms with E-state index in [1.165, 1.54) is 17.0 Å². The van der Waals surface area contributed by atoms with Crippen LogP contribution >= 0.6 is 15.9 Å². The van der Waals surface area contributed by atoms with Gasteiger partial charge >= 0.3 is 0 Å². The quantitative estimate of drug-likeness (QED) is 0.298. The Hall–Kier alpha value is -3.78. The maximum absolute atomic E-state index is 13.5. The number of carbonyl (C=O) groups is 1. The standard InChI is InChI=1S/C23H13BrN2O5/c24-14-9-10-18-17(12-14)21(27)19-20(13-5-4-8-16(11-13)26(29)30)25(23(28)22(19)31-18)15-6-2-1-3-7-15/h1-12,20H. The minimum absolute atomic E-state index is 0.0554. The number of non-ortho nitro benzene ring substituents is 1. The number of nitro benzene ring substituents is 1. The van der Waals surface area contributed by atoms with E-state index >= 15 is 0 Å². The molecule has 1 aliphatic rings. The first-order valence-electron chi connectivity index (χ1n) is 9.35. The van der Waals surface area contributed by atoms with Gasteiger partial charge in [0.2, 0.25) is 5.76 Å². The molecule has 1 aliphatic heterocycles. The Labute approximate surface area is 183 Å². The summed E-state index contributed by atoms with van der Waals surface area (Å²) in [5, 5.41) is 11.7. The summed E-state index contributed by atoms with van der Waals surface area (Å²) < 4.78 is 6.59. The molecular formula is C23H13BrN2O5. The lowest BCUT2D eigenvalue weighted by molar-refractivity contribution is -0.384. The highest BCUT2D eigenvalue weighted by atomic mass is 79.9. The molecular weight excluding hydrogens is 464 g/mol. The summed E-state index contributed by atoms with van der Waals surface area (Å²) in [5.74, 6) is -0.528. The Morgan fingerprint density at radius 1 is 0.968 bits per heavy atom. The maximum Gasteiger partial charge on any atom is 0.295 e. The SMILES string of the molecule is O=C1c2oc3ccc(Br)cc3c(=O)c2C(c2cccc([N+](=O)[O-])c2)N1c1ccccc1. The van der Waals surface area contributed by atoms with Crippen molar-refractivity contribution in [3.8, 4) is 0 Å². The molecule has 0 aliphatic carbocycles. The number of hydrogen-bond donors (Lipinski definition) is 0. The number of nitro groups is 1. The molecule has 0 saturated carbocycles. The van der Waals surface area contributed by atoms with Gasteiger partial charge < -0.3 is 4.42 Å². The second-order valence-corrected chi connectivity index (χ2v) is 8.00. The molecule has 0 radical (unpaired) electrons. The van der Waals surface area contributed by atoms with Gasteiger partial charge in [-0.15, -0.1) is 0 Å². The molecule has 2 heterocycles. The van der Waals surface area contributed by atoms with Gasteiger partial charge in [0.05, 0.1) is 21.9 Å². The van der Waals surface area contributed by atoms with Crippen molar-refractivity contribution in [3.63, 3.8) is 0 Å². The molecule has 8 heteroatoms. The molecule has 31 heavy (non-hydrogen) atoms. The van der Waals surface area contributed by atoms with Gasteiger partial charge in [-0.2, -0.15) is 0 Å². The van der Waals surface area contributed by atoms with Gasteiger partial charge in [-0.05, 0) is 35.9 Å². The molecule has 1 atom stereocenters. The molecule has 1 aromatic heterocycles. The van der Waals surface area contributed by atoms with Gasteiger partial charge in [-0.3, -0.25) is 24.6 Å². The average Bonchev–Trinajstić information content (AvgIpc) is 3.07. The fourth-order valence-corrected chi connectivity index (χ4v) is 4.28. The van der Waals surface area contributed by atoms with Crippen LogP contribution in [0.3, 0.4) is 0 Å². The van der Waals surface area contributed by atoms with E-state index in [4.69, 9.17) is 4.42 Å². The summed E-state index contributed by atoms with van der Waals surface area (Å²) in [6.07, 6.45) is 0. The van der Waals surface area contributed by atoms with Gasteiger partial charge in [-0.1, -0.05) is 46.3 Å². The van der Waals surface area contributed by atoms with Crippen molar-refractivity contribution in [2.45, 2.75) is 6.04 Å². The smallest absolute Gasteiger partial charge is 0.295 e. The number of nitrogens with zero attached hydrogens (tertiary/aromatic N) is 2. The molecule has 0 spiro atoms. The van der Waals surface area contributed by atoms with E-state index in [-0.39, 0.29) is 22.4 Å². The van der Waals surface area contributed by atoms with Crippen molar-refractivity contribution in [1.82, 2.24) is 0 Å². The third-order valence-electron chi connectivity index (χ3n) is 5.26. The van der Waals surface area contributed by atoms with Crippen LogP contribution in [0, 0.1) is 10.1 Å². The highest BCUT2D eigenvalue weighted by molar-refractivity contribution is 9.10. The topological polar surface area (TPSA) is 93.7 Å². The van der Waals surface area contributed by atoms with Crippen LogP contribution in [0.1, 0.15) is 27.7 Å². The summed E-state index contributed by atoms with van der Waals surface area (Å²) >= 11 is 3.36. The maximum atomic E-state index is 13.5. The minimum atomic E-state index is -0.857. The number of benzene rings is 3. The van der Waals surface area contributed by atoms with Crippen LogP contribution in [0.4, 0.5) is 11.4 Å². The van der Waals surface area contributed by atoms with E-state index in [9.17, 15) is 19.7 Å². The summed E-state index contributed by atoms with van der Waals surface area (Å²) in [7, 11) is 0. The third-order valence-corrected chi connectivity index (χ3v) is 5.76. The van der Waals surface area contributed by atoms with E-state index < -0.39 is 16.9 Å². The first kappa shape index (κ1) is 19.2. The molecule has 5 rings (SSSR count). The minimum Gasteiger partial charge on any atom is -0.450 e. The monoisotopic (exact) mass is 476 g/mol. The van der Waals surface area contributed by atoms with Crippen molar-refractivity contribution in [2.24, 2.45) is 0 Å². The Kier molecular flexibility index (Phi) is 4.44. The fourth-order valence-electron chi connectivity index (χ4n) is 3.92. The summed E-state index contributed by atoms with van der Waals surface area (Å²) in [6, 6.07) is 19.0. The Bertz CT molecular complexity index is 1430. The zero-order chi connectivity index (χ0) is 21.7. The van der Waals surface area contributed by atoms with Gasteiger partial charge in [0.15, 0.2) is 5.43 Å². The number of hydrogen-bond acceptors (Lipinski definition) is 5. The fraction of sp³-hybridized carbons (Fsp3) is 0.0435. The molecule has 152 valence electrons. The van der Waals surface area contributed by atoms with E-state index in [2.05, 4.69) is 15.9 Å². The number of anilines is 1. The second-order valence-electron chi connectivity index (χ2n) is 7.08. The molecule has 4 aromatic rings. The number of rotatable bonds is 3. The first-order valence-corrected chi connectivity index (χ1v) is 10.1. The van der Waals surface area contributed by atoms with Crippen molar-refractivity contribution in [2.75, 3.05) is 4.90 Å². The van der Waals surface area contributed by atoms with Crippen molar-refractivity contribution in [3.05, 3.63) is 114 Å². The number of halogens is 1. The van der Waals surface area contributed by atoms with Gasteiger partial charge in [0.25, 0.3) is 11.6 Å². The zero-order valence-electron chi connectivity index (χ0n) is 15.8. The van der Waals surface area contributed by atoms with Crippen LogP contribution in [0.25, 0.3) is 11.0 Å². The second kappa shape index (κ2) is 7.17. The van der Waals surface area contributed by atoms with E-state index in [0.717, 1.165) is 0 Å². The lowest BCUT2D eigenvalue weighted by atomic mass is 9.98. The van der Waals surface area contributed by atoms with Crippen LogP contribution < -0.4 is 10.3 Å². The molecule has 0 saturated heterocycles. The third kappa shape index (κ3) is 3.03. The van der Waals surface area contributed by atoms with Gasteiger partial charge in [-0.25, -0.2) is 0 Å². The number of para-hydroxylation sites is 1. The Morgan fingerprint density at radius 3 is 2.48 bits per heavy atom. The first-order chi connectivity index (χ1) is 15.0. The van der Waals surface area contributed by atoms with E-state index in [1.807, 2.05) is 6.07 Å². The highest BCUT2D eigenvalue weighted by Gasteiger charge is 2.44. The van der Waals surface area contributed by atoms with Crippen molar-refractivity contribution >= 4 is 44.2 Å². The molecule has 0 fully saturated rings. The molecule has 1 unspecified atom stereocenters. The molecule has 0 bridgehead atoms. The van der Waals surface area contributed by atoms with E-state index in [0.29, 0.717) is 26.7 Å². The molecule has 0 N–H and O–H groups in total. The predicted molar refractivity (Wildman–Crippen MR) is 118 cm³/mol. The number of carbonyl (C=O) groups excluding carboxylic acids is 1. The number of amides is 1. The predicted octanol–water partition coefficient (Wildman–Crippen LogP) is 5.21. The average molecular weight is 477 g/mol. The molecule has 7 nitrogen and oxygen atoms in total. The van der Waals surface area contributed by atoms with Crippen LogP contribution in [0.2, 0.25) is 0 Å². The lowest BCUT2D eigenvalue weighted by Crippen LogP contribution is -2.29. The van der Waals surface area contributed by atoms with Crippen LogP contribution in [0.15, 0.2) is 86.5 Å². The Morgan fingerprint density at radius 2 is 1.74 bits per heavy atom. The summed E-state index contributed by atoms with van der Waals surface area (Å²) in [6.45, 7) is 0. The zero-order valence-corrected chi connectivity index (χ0v) is 17.4. The van der Waals surface area contributed by atoms with Crippen LogP contribution in [-0.4, -0.2) is 10.8 Å². The van der Waals surface area contributed by atoms with Crippen molar-refractivity contribution in [1.29, 1.82) is 0 Å². The van der Waals surface area contributed by atoms with Crippen LogP contribution in [0.5, 0.6) is 0 Å². The van der Waals surface area contributed by atoms with Gasteiger partial charge in [0, 0.05) is 22.3 Å². The summed E-state index contributed by atoms with van der Waals surface area (Å²) in [5.41, 5.74) is 1.000. The Balaban J connectivity index is 1.83. The van der Waals surface area contributed by atoms with E-state index in [1.54, 1.807) is 54.6 Å². The normalized spacial score (nSPS) is 15.3. The molecule has 1 amide bonds. The highest BCUT2D eigenvalue weighted by Crippen LogP contribution is 2.41. The summed E-state index contributed by atoms with van der Waals surface area (Å²) in [4.78, 5) is 39.2. The largest absolute Gasteiger partial charge is 0.450 e. The van der Waals surface area contributed by atoms with Gasteiger partial charge in [0.1, 0.15) is 5.58 Å².